The monoisotopic (exact) mass is 290 g/mol. The first-order valence-corrected chi connectivity index (χ1v) is 7.82. The van der Waals surface area contributed by atoms with Crippen LogP contribution in [0.1, 0.15) is 52.1 Å². The van der Waals surface area contributed by atoms with E-state index < -0.39 is 0 Å². The minimum atomic E-state index is 0.0637. The Morgan fingerprint density at radius 1 is 1.45 bits per heavy atom. The normalized spacial score (nSPS) is 19.3. The minimum absolute atomic E-state index is 0.0637. The van der Waals surface area contributed by atoms with E-state index in [0.29, 0.717) is 11.3 Å². The smallest absolute Gasteiger partial charge is 0.257 e. The number of rotatable bonds is 2. The van der Waals surface area contributed by atoms with E-state index in [1.54, 1.807) is 23.7 Å². The number of aryl methyl sites for hydroxylation is 2. The summed E-state index contributed by atoms with van der Waals surface area (Å²) in [6, 6.07) is 1.88. The molecule has 0 saturated carbocycles. The number of furan rings is 1. The van der Waals surface area contributed by atoms with Crippen LogP contribution in [0.5, 0.6) is 0 Å². The lowest BCUT2D eigenvalue weighted by atomic mass is 10.0. The Morgan fingerprint density at radius 3 is 2.95 bits per heavy atom. The van der Waals surface area contributed by atoms with Gasteiger partial charge in [-0.2, -0.15) is 0 Å². The third-order valence-electron chi connectivity index (χ3n) is 3.77. The summed E-state index contributed by atoms with van der Waals surface area (Å²) in [6.45, 7) is 4.63. The molecule has 3 heterocycles. The fourth-order valence-electron chi connectivity index (χ4n) is 2.72. The lowest BCUT2D eigenvalue weighted by Gasteiger charge is -2.34. The number of carbonyl (C=O) groups is 1. The largest absolute Gasteiger partial charge is 0.469 e. The summed E-state index contributed by atoms with van der Waals surface area (Å²) < 4.78 is 5.26. The molecule has 1 aliphatic heterocycles. The number of thiazole rings is 1. The lowest BCUT2D eigenvalue weighted by Crippen LogP contribution is -2.38. The maximum atomic E-state index is 12.7. The van der Waals surface area contributed by atoms with Crippen LogP contribution in [0, 0.1) is 13.8 Å². The third kappa shape index (κ3) is 2.38. The number of carbonyl (C=O) groups excluding carboxylic acids is 1. The van der Waals surface area contributed by atoms with E-state index >= 15 is 0 Å². The van der Waals surface area contributed by atoms with E-state index in [-0.39, 0.29) is 11.9 Å². The number of piperidine rings is 1. The van der Waals surface area contributed by atoms with Crippen molar-refractivity contribution in [3.05, 3.63) is 39.7 Å². The van der Waals surface area contributed by atoms with Gasteiger partial charge >= 0.3 is 0 Å². The molecule has 0 radical (unpaired) electrons. The molecule has 1 saturated heterocycles. The first kappa shape index (κ1) is 13.4. The zero-order chi connectivity index (χ0) is 14.1. The standard InChI is InChI=1S/C15H18N2O2S/c1-10-9-20-14(16-10)13-5-3-4-7-17(13)15(18)12-6-8-19-11(12)2/h6,8-9,13H,3-5,7H2,1-2H3. The number of hydrogen-bond acceptors (Lipinski definition) is 4. The lowest BCUT2D eigenvalue weighted by molar-refractivity contribution is 0.0609. The maximum Gasteiger partial charge on any atom is 0.257 e. The van der Waals surface area contributed by atoms with Crippen LogP contribution in [0.25, 0.3) is 0 Å². The number of hydrogen-bond donors (Lipinski definition) is 0. The van der Waals surface area contributed by atoms with Gasteiger partial charge in [0.15, 0.2) is 0 Å². The average molecular weight is 290 g/mol. The van der Waals surface area contributed by atoms with Crippen molar-refractivity contribution in [3.8, 4) is 0 Å². The van der Waals surface area contributed by atoms with Crippen LogP contribution in [0.2, 0.25) is 0 Å². The van der Waals surface area contributed by atoms with Gasteiger partial charge in [0.2, 0.25) is 0 Å². The van der Waals surface area contributed by atoms with E-state index in [0.717, 1.165) is 36.5 Å². The molecule has 0 N–H and O–H groups in total. The zero-order valence-corrected chi connectivity index (χ0v) is 12.6. The van der Waals surface area contributed by atoms with Gasteiger partial charge in [-0.3, -0.25) is 4.79 Å². The summed E-state index contributed by atoms with van der Waals surface area (Å²) in [7, 11) is 0. The second-order valence-corrected chi connectivity index (χ2v) is 6.12. The fraction of sp³-hybridized carbons (Fsp3) is 0.467. The molecule has 20 heavy (non-hydrogen) atoms. The van der Waals surface area contributed by atoms with Crippen molar-refractivity contribution in [1.29, 1.82) is 0 Å². The molecule has 1 unspecified atom stereocenters. The highest BCUT2D eigenvalue weighted by atomic mass is 32.1. The second kappa shape index (κ2) is 5.40. The van der Waals surface area contributed by atoms with Gasteiger partial charge in [0.05, 0.1) is 17.9 Å². The average Bonchev–Trinajstić information content (AvgIpc) is 3.07. The predicted octanol–water partition coefficient (Wildman–Crippen LogP) is 3.72. The molecule has 1 fully saturated rings. The Labute approximate surface area is 122 Å². The Balaban J connectivity index is 1.89. The summed E-state index contributed by atoms with van der Waals surface area (Å²) in [4.78, 5) is 19.2. The van der Waals surface area contributed by atoms with Gasteiger partial charge in [-0.15, -0.1) is 11.3 Å². The van der Waals surface area contributed by atoms with Crippen molar-refractivity contribution in [2.45, 2.75) is 39.2 Å². The summed E-state index contributed by atoms with van der Waals surface area (Å²) in [5.41, 5.74) is 1.70. The van der Waals surface area contributed by atoms with Crippen LogP contribution in [-0.4, -0.2) is 22.3 Å². The molecule has 0 bridgehead atoms. The van der Waals surface area contributed by atoms with E-state index in [2.05, 4.69) is 10.4 Å². The topological polar surface area (TPSA) is 46.3 Å². The Bertz CT molecular complexity index is 617. The van der Waals surface area contributed by atoms with Gasteiger partial charge in [-0.05, 0) is 39.2 Å². The Kier molecular flexibility index (Phi) is 3.61. The second-order valence-electron chi connectivity index (χ2n) is 5.23. The molecule has 4 nitrogen and oxygen atoms in total. The summed E-state index contributed by atoms with van der Waals surface area (Å²) >= 11 is 1.65. The third-order valence-corrected chi connectivity index (χ3v) is 4.84. The number of amides is 1. The van der Waals surface area contributed by atoms with E-state index in [1.165, 1.54) is 0 Å². The van der Waals surface area contributed by atoms with Crippen molar-refractivity contribution in [2.75, 3.05) is 6.54 Å². The van der Waals surface area contributed by atoms with Crippen molar-refractivity contribution >= 4 is 17.2 Å². The van der Waals surface area contributed by atoms with Gasteiger partial charge in [0.1, 0.15) is 10.8 Å². The van der Waals surface area contributed by atoms with E-state index in [4.69, 9.17) is 4.42 Å². The van der Waals surface area contributed by atoms with Crippen LogP contribution >= 0.6 is 11.3 Å². The molecule has 106 valence electrons. The Morgan fingerprint density at radius 2 is 2.30 bits per heavy atom. The van der Waals surface area contributed by atoms with E-state index in [9.17, 15) is 4.79 Å². The summed E-state index contributed by atoms with van der Waals surface area (Å²) in [5.74, 6) is 0.753. The maximum absolute atomic E-state index is 12.7. The molecule has 1 aliphatic rings. The first-order valence-electron chi connectivity index (χ1n) is 6.94. The van der Waals surface area contributed by atoms with Gasteiger partial charge in [-0.25, -0.2) is 4.98 Å². The van der Waals surface area contributed by atoms with Crippen molar-refractivity contribution in [3.63, 3.8) is 0 Å². The van der Waals surface area contributed by atoms with Gasteiger partial charge in [0, 0.05) is 17.6 Å². The van der Waals surface area contributed by atoms with Gasteiger partial charge in [-0.1, -0.05) is 0 Å². The van der Waals surface area contributed by atoms with E-state index in [1.807, 2.05) is 18.7 Å². The van der Waals surface area contributed by atoms with Crippen LogP contribution in [-0.2, 0) is 0 Å². The van der Waals surface area contributed by atoms with Crippen LogP contribution in [0.3, 0.4) is 0 Å². The van der Waals surface area contributed by atoms with Crippen LogP contribution in [0.15, 0.2) is 22.1 Å². The molecule has 2 aromatic rings. The SMILES string of the molecule is Cc1csc(C2CCCCN2C(=O)c2ccoc2C)n1. The van der Waals surface area contributed by atoms with Gasteiger partial charge < -0.3 is 9.32 Å². The highest BCUT2D eigenvalue weighted by Gasteiger charge is 2.31. The highest BCUT2D eigenvalue weighted by molar-refractivity contribution is 7.09. The Hall–Kier alpha value is -1.62. The van der Waals surface area contributed by atoms with Crippen molar-refractivity contribution < 1.29 is 9.21 Å². The van der Waals surface area contributed by atoms with Crippen LogP contribution < -0.4 is 0 Å². The first-order chi connectivity index (χ1) is 9.66. The van der Waals surface area contributed by atoms with Crippen LogP contribution in [0.4, 0.5) is 0 Å². The molecule has 5 heteroatoms. The molecule has 0 aliphatic carbocycles. The fourth-order valence-corrected chi connectivity index (χ4v) is 3.66. The summed E-state index contributed by atoms with van der Waals surface area (Å²) in [5, 5.41) is 3.10. The molecule has 0 aromatic carbocycles. The molecule has 1 amide bonds. The molecule has 2 aromatic heterocycles. The quantitative estimate of drug-likeness (QED) is 0.846. The molecular weight excluding hydrogens is 272 g/mol. The molecule has 1 atom stereocenters. The molecule has 3 rings (SSSR count). The summed E-state index contributed by atoms with van der Waals surface area (Å²) in [6.07, 6.45) is 4.78. The van der Waals surface area contributed by atoms with Crippen molar-refractivity contribution in [1.82, 2.24) is 9.88 Å². The number of likely N-dealkylation sites (tertiary alicyclic amines) is 1. The molecular formula is C15H18N2O2S. The minimum Gasteiger partial charge on any atom is -0.469 e. The molecule has 0 spiro atoms. The number of aromatic nitrogens is 1. The predicted molar refractivity (Wildman–Crippen MR) is 77.9 cm³/mol. The highest BCUT2D eigenvalue weighted by Crippen LogP contribution is 2.34. The number of nitrogens with zero attached hydrogens (tertiary/aromatic N) is 2. The zero-order valence-electron chi connectivity index (χ0n) is 11.8. The van der Waals surface area contributed by atoms with Crippen molar-refractivity contribution in [2.24, 2.45) is 0 Å². The van der Waals surface area contributed by atoms with Gasteiger partial charge in [0.25, 0.3) is 5.91 Å².